The highest BCUT2D eigenvalue weighted by molar-refractivity contribution is 7.86. The van der Waals surface area contributed by atoms with Gasteiger partial charge < -0.3 is 14.8 Å². The standard InChI is InChI=1S/C26H22Cl2F2N4O3S/c1-36-19-5-3-16(24(10-19)37-2)15-34(26-14-31-7-8-32-26)38(35)25-11-20(28)23(12-22(25)30)33-13-17-9-18(27)4-6-21(17)29/h3-12,14,33H,13,15H2,1-2H3. The topological polar surface area (TPSA) is 76.6 Å². The molecule has 1 unspecified atom stereocenters. The van der Waals surface area contributed by atoms with E-state index in [4.69, 9.17) is 32.7 Å². The maximum atomic E-state index is 15.3. The molecule has 3 aromatic carbocycles. The molecule has 1 atom stereocenters. The lowest BCUT2D eigenvalue weighted by molar-refractivity contribution is 0.391. The Morgan fingerprint density at radius 2 is 1.79 bits per heavy atom. The monoisotopic (exact) mass is 578 g/mol. The molecule has 12 heteroatoms. The Kier molecular flexibility index (Phi) is 8.98. The van der Waals surface area contributed by atoms with Gasteiger partial charge in [0.1, 0.15) is 23.1 Å². The van der Waals surface area contributed by atoms with Crippen LogP contribution in [-0.2, 0) is 24.1 Å². The Morgan fingerprint density at radius 1 is 0.974 bits per heavy atom. The first-order valence-electron chi connectivity index (χ1n) is 11.1. The zero-order valence-electron chi connectivity index (χ0n) is 20.3. The normalized spacial score (nSPS) is 11.6. The fraction of sp³-hybridized carbons (Fsp3) is 0.154. The maximum absolute atomic E-state index is 15.3. The Labute approximate surface area is 230 Å². The van der Waals surface area contributed by atoms with Crippen molar-refractivity contribution in [2.75, 3.05) is 23.8 Å². The van der Waals surface area contributed by atoms with Gasteiger partial charge in [-0.05, 0) is 42.5 Å². The summed E-state index contributed by atoms with van der Waals surface area (Å²) in [6.45, 7) is 0.0561. The Balaban J connectivity index is 1.64. The first-order valence-corrected chi connectivity index (χ1v) is 13.0. The van der Waals surface area contributed by atoms with E-state index in [0.29, 0.717) is 22.1 Å². The molecular weight excluding hydrogens is 557 g/mol. The molecule has 1 N–H and O–H groups in total. The van der Waals surface area contributed by atoms with E-state index in [2.05, 4.69) is 15.3 Å². The van der Waals surface area contributed by atoms with Crippen LogP contribution in [0.4, 0.5) is 20.3 Å². The number of benzene rings is 3. The van der Waals surface area contributed by atoms with Gasteiger partial charge in [-0.2, -0.15) is 0 Å². The fourth-order valence-electron chi connectivity index (χ4n) is 3.57. The molecule has 0 aliphatic carbocycles. The molecule has 1 heterocycles. The number of ether oxygens (including phenoxy) is 2. The molecule has 0 aliphatic rings. The summed E-state index contributed by atoms with van der Waals surface area (Å²) in [5, 5.41) is 3.36. The minimum atomic E-state index is -2.09. The molecule has 0 aliphatic heterocycles. The molecule has 198 valence electrons. The van der Waals surface area contributed by atoms with Crippen LogP contribution < -0.4 is 19.1 Å². The molecule has 0 saturated carbocycles. The molecule has 0 saturated heterocycles. The van der Waals surface area contributed by atoms with Crippen LogP contribution >= 0.6 is 23.2 Å². The molecule has 4 aromatic rings. The highest BCUT2D eigenvalue weighted by atomic mass is 35.5. The van der Waals surface area contributed by atoms with Gasteiger partial charge in [0, 0.05) is 41.2 Å². The summed E-state index contributed by atoms with van der Waals surface area (Å²) in [4.78, 5) is 8.13. The van der Waals surface area contributed by atoms with Crippen molar-refractivity contribution < 1.29 is 22.5 Å². The fourth-order valence-corrected chi connectivity index (χ4v) is 5.26. The largest absolute Gasteiger partial charge is 0.497 e. The summed E-state index contributed by atoms with van der Waals surface area (Å²) < 4.78 is 55.2. The summed E-state index contributed by atoms with van der Waals surface area (Å²) in [6.07, 6.45) is 4.33. The quantitative estimate of drug-likeness (QED) is 0.234. The third kappa shape index (κ3) is 6.32. The molecular formula is C26H22Cl2F2N4O3S. The molecule has 1 aromatic heterocycles. The molecule has 38 heavy (non-hydrogen) atoms. The highest BCUT2D eigenvalue weighted by Gasteiger charge is 2.24. The summed E-state index contributed by atoms with van der Waals surface area (Å²) in [5.74, 6) is 0.0675. The van der Waals surface area contributed by atoms with E-state index in [0.717, 1.165) is 6.07 Å². The third-order valence-corrected chi connectivity index (χ3v) is 7.45. The van der Waals surface area contributed by atoms with Gasteiger partial charge in [-0.15, -0.1) is 0 Å². The minimum Gasteiger partial charge on any atom is -0.497 e. The Bertz CT molecular complexity index is 1460. The Morgan fingerprint density at radius 3 is 2.50 bits per heavy atom. The minimum absolute atomic E-state index is 0.0109. The van der Waals surface area contributed by atoms with Gasteiger partial charge in [-0.1, -0.05) is 23.2 Å². The number of halogens is 4. The lowest BCUT2D eigenvalue weighted by atomic mass is 10.2. The lowest BCUT2D eigenvalue weighted by Gasteiger charge is -2.24. The van der Waals surface area contributed by atoms with Crippen molar-refractivity contribution >= 4 is 45.7 Å². The number of methoxy groups -OCH3 is 2. The highest BCUT2D eigenvalue weighted by Crippen LogP contribution is 2.32. The lowest BCUT2D eigenvalue weighted by Crippen LogP contribution is -2.27. The van der Waals surface area contributed by atoms with E-state index in [1.165, 1.54) is 61.4 Å². The summed E-state index contributed by atoms with van der Waals surface area (Å²) >= 11 is 12.4. The zero-order chi connectivity index (χ0) is 27.2. The van der Waals surface area contributed by atoms with E-state index >= 15 is 4.39 Å². The number of hydrogen-bond donors (Lipinski definition) is 1. The van der Waals surface area contributed by atoms with Crippen molar-refractivity contribution in [3.8, 4) is 11.5 Å². The van der Waals surface area contributed by atoms with Crippen molar-refractivity contribution in [2.45, 2.75) is 18.0 Å². The second-order valence-corrected chi connectivity index (χ2v) is 10.1. The molecule has 0 amide bonds. The smallest absolute Gasteiger partial charge is 0.159 e. The SMILES string of the molecule is COc1ccc(CN(c2cnccn2)S(=O)c2cc(Cl)c(NCc3cc(Cl)ccc3F)cc2F)c(OC)c1. The molecule has 0 bridgehead atoms. The van der Waals surface area contributed by atoms with Crippen LogP contribution in [0.1, 0.15) is 11.1 Å². The van der Waals surface area contributed by atoms with Gasteiger partial charge in [0.05, 0.1) is 42.6 Å². The van der Waals surface area contributed by atoms with Gasteiger partial charge in [0.25, 0.3) is 0 Å². The zero-order valence-corrected chi connectivity index (χ0v) is 22.6. The Hall–Kier alpha value is -3.47. The van der Waals surface area contributed by atoms with Crippen LogP contribution in [0.3, 0.4) is 0 Å². The second-order valence-electron chi connectivity index (χ2n) is 7.88. The summed E-state index contributed by atoms with van der Waals surface area (Å²) in [5.41, 5.74) is 1.14. The molecule has 0 fully saturated rings. The number of rotatable bonds is 10. The third-order valence-electron chi connectivity index (χ3n) is 5.50. The number of nitrogens with one attached hydrogen (secondary N) is 1. The van der Waals surface area contributed by atoms with Crippen LogP contribution in [0.2, 0.25) is 10.0 Å². The van der Waals surface area contributed by atoms with Crippen LogP contribution in [0.25, 0.3) is 0 Å². The van der Waals surface area contributed by atoms with E-state index < -0.39 is 22.6 Å². The predicted octanol–water partition coefficient (Wildman–Crippen LogP) is 6.42. The van der Waals surface area contributed by atoms with Gasteiger partial charge in [0.15, 0.2) is 16.8 Å². The first-order chi connectivity index (χ1) is 18.3. The van der Waals surface area contributed by atoms with Crippen molar-refractivity contribution in [1.29, 1.82) is 0 Å². The van der Waals surface area contributed by atoms with Gasteiger partial charge in [0.2, 0.25) is 0 Å². The van der Waals surface area contributed by atoms with Crippen LogP contribution in [0.15, 0.2) is 72.0 Å². The molecule has 4 rings (SSSR count). The van der Waals surface area contributed by atoms with E-state index in [-0.39, 0.29) is 40.1 Å². The molecule has 0 radical (unpaired) electrons. The van der Waals surface area contributed by atoms with E-state index in [1.54, 1.807) is 18.2 Å². The average Bonchev–Trinajstić information content (AvgIpc) is 2.93. The average molecular weight is 579 g/mol. The van der Waals surface area contributed by atoms with Crippen molar-refractivity contribution in [1.82, 2.24) is 9.97 Å². The van der Waals surface area contributed by atoms with Crippen molar-refractivity contribution in [2.24, 2.45) is 0 Å². The van der Waals surface area contributed by atoms with E-state index in [9.17, 15) is 8.60 Å². The maximum Gasteiger partial charge on any atom is 0.159 e. The molecule has 0 spiro atoms. The van der Waals surface area contributed by atoms with Gasteiger partial charge >= 0.3 is 0 Å². The number of hydrogen-bond acceptors (Lipinski definition) is 6. The van der Waals surface area contributed by atoms with Crippen molar-refractivity contribution in [3.63, 3.8) is 0 Å². The summed E-state index contributed by atoms with van der Waals surface area (Å²) in [6, 6.07) is 11.7. The number of nitrogens with zero attached hydrogens (tertiary/aromatic N) is 3. The van der Waals surface area contributed by atoms with Crippen LogP contribution in [-0.4, -0.2) is 28.4 Å². The second kappa shape index (κ2) is 12.4. The predicted molar refractivity (Wildman–Crippen MR) is 144 cm³/mol. The van der Waals surface area contributed by atoms with E-state index in [1.807, 2.05) is 0 Å². The van der Waals surface area contributed by atoms with Crippen molar-refractivity contribution in [3.05, 3.63) is 99.9 Å². The number of anilines is 2. The summed E-state index contributed by atoms with van der Waals surface area (Å²) in [7, 11) is 0.948. The first kappa shape index (κ1) is 27.6. The van der Waals surface area contributed by atoms with Gasteiger partial charge in [-0.3, -0.25) is 9.29 Å². The van der Waals surface area contributed by atoms with Crippen LogP contribution in [0.5, 0.6) is 11.5 Å². The van der Waals surface area contributed by atoms with Gasteiger partial charge in [-0.25, -0.2) is 18.0 Å². The van der Waals surface area contributed by atoms with Crippen LogP contribution in [0, 0.1) is 11.6 Å². The number of aromatic nitrogens is 2. The molecule has 7 nitrogen and oxygen atoms in total.